The van der Waals surface area contributed by atoms with Gasteiger partial charge >= 0.3 is 17.9 Å². The number of hydrogen-bond donors (Lipinski definition) is 5. The van der Waals surface area contributed by atoms with Crippen molar-refractivity contribution >= 4 is 23.8 Å². The zero-order valence-electron chi connectivity index (χ0n) is 9.54. The molecule has 0 rings (SSSR count). The molecule has 0 saturated heterocycles. The minimum Gasteiger partial charge on any atom is -0.481 e. The number of carbonyl (C=O) groups is 4. The summed E-state index contributed by atoms with van der Waals surface area (Å²) in [5.74, 6) is -3.81. The summed E-state index contributed by atoms with van der Waals surface area (Å²) in [4.78, 5) is 39.5. The maximum absolute atomic E-state index is 10.1. The number of primary amides is 1. The van der Waals surface area contributed by atoms with E-state index < -0.39 is 36.3 Å². The van der Waals surface area contributed by atoms with Crippen LogP contribution in [-0.4, -0.2) is 45.2 Å². The number of hydrogen-bond acceptors (Lipinski definition) is 5. The standard InChI is InChI=1S/C5H8O4.C4H8N2O3/c6-4(7)2-1-3-5(8)9;5-2(4(6)9)1-3(7)8/h1-3H2,(H,6,7)(H,8,9);2H,1,5H2,(H2,6,9)(H,7,8)/t;2-/m.0/s1. The van der Waals surface area contributed by atoms with E-state index in [1.54, 1.807) is 0 Å². The van der Waals surface area contributed by atoms with Gasteiger partial charge in [0.1, 0.15) is 0 Å². The van der Waals surface area contributed by atoms with Crippen LogP contribution >= 0.6 is 0 Å². The van der Waals surface area contributed by atoms with E-state index in [1.807, 2.05) is 0 Å². The lowest BCUT2D eigenvalue weighted by Crippen LogP contribution is -2.38. The monoisotopic (exact) mass is 264 g/mol. The van der Waals surface area contributed by atoms with Crippen LogP contribution in [0.2, 0.25) is 0 Å². The molecule has 0 aliphatic carbocycles. The van der Waals surface area contributed by atoms with Crippen molar-refractivity contribution in [1.82, 2.24) is 0 Å². The van der Waals surface area contributed by atoms with Gasteiger partial charge in [0, 0.05) is 12.8 Å². The molecule has 0 heterocycles. The Balaban J connectivity index is 0. The van der Waals surface area contributed by atoms with Crippen molar-refractivity contribution < 1.29 is 34.5 Å². The molecule has 18 heavy (non-hydrogen) atoms. The lowest BCUT2D eigenvalue weighted by molar-refractivity contribution is -0.139. The molecular formula is C9H16N2O7. The normalized spacial score (nSPS) is 10.7. The topological polar surface area (TPSA) is 181 Å². The predicted molar refractivity (Wildman–Crippen MR) is 58.5 cm³/mol. The van der Waals surface area contributed by atoms with Gasteiger partial charge in [-0.3, -0.25) is 19.2 Å². The molecule has 1 amide bonds. The van der Waals surface area contributed by atoms with Gasteiger partial charge in [0.15, 0.2) is 0 Å². The summed E-state index contributed by atoms with van der Waals surface area (Å²) >= 11 is 0. The molecule has 0 aliphatic heterocycles. The van der Waals surface area contributed by atoms with Crippen LogP contribution in [-0.2, 0) is 19.2 Å². The van der Waals surface area contributed by atoms with Crippen molar-refractivity contribution in [3.63, 3.8) is 0 Å². The Hall–Kier alpha value is -2.16. The molecule has 9 nitrogen and oxygen atoms in total. The molecule has 0 unspecified atom stereocenters. The third-order valence-corrected chi connectivity index (χ3v) is 1.54. The first-order chi connectivity index (χ1) is 8.16. The molecular weight excluding hydrogens is 248 g/mol. The molecule has 1 atom stereocenters. The number of carbonyl (C=O) groups excluding carboxylic acids is 1. The van der Waals surface area contributed by atoms with Gasteiger partial charge in [-0.25, -0.2) is 0 Å². The Morgan fingerprint density at radius 2 is 1.28 bits per heavy atom. The summed E-state index contributed by atoms with van der Waals surface area (Å²) in [7, 11) is 0. The first-order valence-corrected chi connectivity index (χ1v) is 4.87. The van der Waals surface area contributed by atoms with E-state index in [0.29, 0.717) is 0 Å². The molecule has 0 aromatic rings. The van der Waals surface area contributed by atoms with E-state index in [1.165, 1.54) is 0 Å². The smallest absolute Gasteiger partial charge is 0.305 e. The second kappa shape index (κ2) is 10.0. The summed E-state index contributed by atoms with van der Waals surface area (Å²) < 4.78 is 0. The van der Waals surface area contributed by atoms with Crippen LogP contribution in [0.5, 0.6) is 0 Å². The minimum atomic E-state index is -1.12. The molecule has 9 heteroatoms. The molecule has 0 aromatic heterocycles. The fourth-order valence-corrected chi connectivity index (χ4v) is 0.680. The molecule has 0 aliphatic rings. The second-order valence-corrected chi connectivity index (χ2v) is 3.25. The highest BCUT2D eigenvalue weighted by Crippen LogP contribution is 1.93. The van der Waals surface area contributed by atoms with Crippen LogP contribution in [0.15, 0.2) is 0 Å². The zero-order chi connectivity index (χ0) is 14.7. The number of amides is 1. The van der Waals surface area contributed by atoms with Gasteiger partial charge in [-0.15, -0.1) is 0 Å². The van der Waals surface area contributed by atoms with Crippen molar-refractivity contribution in [2.24, 2.45) is 11.5 Å². The molecule has 0 radical (unpaired) electrons. The Kier molecular flexibility index (Phi) is 10.1. The van der Waals surface area contributed by atoms with E-state index in [-0.39, 0.29) is 19.3 Å². The third-order valence-electron chi connectivity index (χ3n) is 1.54. The molecule has 0 spiro atoms. The van der Waals surface area contributed by atoms with E-state index >= 15 is 0 Å². The fraction of sp³-hybridized carbons (Fsp3) is 0.556. The van der Waals surface area contributed by atoms with Gasteiger partial charge in [0.05, 0.1) is 12.5 Å². The van der Waals surface area contributed by atoms with Crippen molar-refractivity contribution in [3.05, 3.63) is 0 Å². The van der Waals surface area contributed by atoms with E-state index in [4.69, 9.17) is 21.1 Å². The zero-order valence-corrected chi connectivity index (χ0v) is 9.54. The number of nitrogens with two attached hydrogens (primary N) is 2. The minimum absolute atomic E-state index is 0.0632. The lowest BCUT2D eigenvalue weighted by Gasteiger charge is -2.00. The van der Waals surface area contributed by atoms with Crippen LogP contribution in [0.4, 0.5) is 0 Å². The molecule has 104 valence electrons. The highest BCUT2D eigenvalue weighted by atomic mass is 16.4. The highest BCUT2D eigenvalue weighted by Gasteiger charge is 2.12. The summed E-state index contributed by atoms with van der Waals surface area (Å²) in [5, 5.41) is 24.1. The van der Waals surface area contributed by atoms with Crippen LogP contribution in [0.1, 0.15) is 25.7 Å². The maximum Gasteiger partial charge on any atom is 0.305 e. The molecule has 0 bridgehead atoms. The van der Waals surface area contributed by atoms with Gasteiger partial charge in [-0.05, 0) is 6.42 Å². The average molecular weight is 264 g/mol. The average Bonchev–Trinajstić information content (AvgIpc) is 2.15. The quantitative estimate of drug-likeness (QED) is 0.372. The van der Waals surface area contributed by atoms with Crippen molar-refractivity contribution in [1.29, 1.82) is 0 Å². The maximum atomic E-state index is 10.1. The first kappa shape index (κ1) is 18.2. The molecule has 7 N–H and O–H groups in total. The van der Waals surface area contributed by atoms with E-state index in [0.717, 1.165) is 0 Å². The van der Waals surface area contributed by atoms with Gasteiger partial charge in [0.2, 0.25) is 5.91 Å². The van der Waals surface area contributed by atoms with Crippen molar-refractivity contribution in [3.8, 4) is 0 Å². The van der Waals surface area contributed by atoms with Gasteiger partial charge in [-0.2, -0.15) is 0 Å². The number of carboxylic acids is 3. The summed E-state index contributed by atoms with van der Waals surface area (Å²) in [5.41, 5.74) is 9.62. The Morgan fingerprint density at radius 1 is 0.889 bits per heavy atom. The van der Waals surface area contributed by atoms with Crippen molar-refractivity contribution in [2.45, 2.75) is 31.7 Å². The SMILES string of the molecule is NC(=O)[C@@H](N)CC(=O)O.O=C(O)CCCC(=O)O. The summed E-state index contributed by atoms with van der Waals surface area (Å²) in [6, 6.07) is -1.07. The van der Waals surface area contributed by atoms with E-state index in [2.05, 4.69) is 5.73 Å². The summed E-state index contributed by atoms with van der Waals surface area (Å²) in [6.45, 7) is 0. The van der Waals surface area contributed by atoms with Gasteiger partial charge < -0.3 is 26.8 Å². The Labute approximate surface area is 102 Å². The second-order valence-electron chi connectivity index (χ2n) is 3.25. The van der Waals surface area contributed by atoms with Crippen molar-refractivity contribution in [2.75, 3.05) is 0 Å². The highest BCUT2D eigenvalue weighted by molar-refractivity contribution is 5.84. The summed E-state index contributed by atoms with van der Waals surface area (Å²) in [6.07, 6.45) is -0.321. The van der Waals surface area contributed by atoms with Crippen LogP contribution in [0.3, 0.4) is 0 Å². The first-order valence-electron chi connectivity index (χ1n) is 4.87. The Morgan fingerprint density at radius 3 is 1.44 bits per heavy atom. The number of aliphatic carboxylic acids is 3. The fourth-order valence-electron chi connectivity index (χ4n) is 0.680. The lowest BCUT2D eigenvalue weighted by atomic mass is 10.2. The van der Waals surface area contributed by atoms with Crippen LogP contribution < -0.4 is 11.5 Å². The number of carboxylic acid groups (broad SMARTS) is 3. The van der Waals surface area contributed by atoms with Gasteiger partial charge in [0.25, 0.3) is 0 Å². The molecule has 0 fully saturated rings. The third kappa shape index (κ3) is 16.3. The van der Waals surface area contributed by atoms with Crippen LogP contribution in [0.25, 0.3) is 0 Å². The molecule has 0 aromatic carbocycles. The van der Waals surface area contributed by atoms with E-state index in [9.17, 15) is 19.2 Å². The number of rotatable bonds is 7. The largest absolute Gasteiger partial charge is 0.481 e. The Bertz CT molecular complexity index is 302. The van der Waals surface area contributed by atoms with Crippen LogP contribution in [0, 0.1) is 0 Å². The molecule has 0 saturated carbocycles. The predicted octanol–water partition coefficient (Wildman–Crippen LogP) is -1.40. The van der Waals surface area contributed by atoms with Gasteiger partial charge in [-0.1, -0.05) is 0 Å².